The van der Waals surface area contributed by atoms with Crippen LogP contribution in [0.5, 0.6) is 5.75 Å². The lowest BCUT2D eigenvalue weighted by atomic mass is 9.98. The molecule has 1 fully saturated rings. The number of hydrogen-bond donors (Lipinski definition) is 0. The Balaban J connectivity index is 1.51. The lowest BCUT2D eigenvalue weighted by molar-refractivity contribution is -0.122. The molecule has 0 unspecified atom stereocenters. The van der Waals surface area contributed by atoms with Gasteiger partial charge in [0.15, 0.2) is 4.80 Å². The van der Waals surface area contributed by atoms with Crippen LogP contribution in [-0.2, 0) is 21.4 Å². The second-order valence-electron chi connectivity index (χ2n) is 7.77. The molecule has 1 aliphatic heterocycles. The molecule has 0 N–H and O–H groups in total. The van der Waals surface area contributed by atoms with Gasteiger partial charge in [-0.2, -0.15) is 9.30 Å². The van der Waals surface area contributed by atoms with Gasteiger partial charge in [-0.25, -0.2) is 8.42 Å². The van der Waals surface area contributed by atoms with Crippen molar-refractivity contribution < 1.29 is 17.9 Å². The summed E-state index contributed by atoms with van der Waals surface area (Å²) in [6, 6.07) is 12.0. The first-order chi connectivity index (χ1) is 15.8. The van der Waals surface area contributed by atoms with E-state index in [0.29, 0.717) is 35.8 Å². The Morgan fingerprint density at radius 1 is 1.15 bits per heavy atom. The van der Waals surface area contributed by atoms with Gasteiger partial charge in [-0.3, -0.25) is 4.79 Å². The Morgan fingerprint density at radius 2 is 1.85 bits per heavy atom. The molecule has 7 nitrogen and oxygen atoms in total. The molecule has 0 bridgehead atoms. The number of halogens is 1. The molecule has 3 aromatic rings. The first kappa shape index (κ1) is 23.9. The molecule has 0 atom stereocenters. The molecule has 1 aromatic heterocycles. The van der Waals surface area contributed by atoms with Crippen LogP contribution < -0.4 is 9.54 Å². The van der Waals surface area contributed by atoms with E-state index in [1.165, 1.54) is 27.8 Å². The van der Waals surface area contributed by atoms with Gasteiger partial charge < -0.3 is 9.30 Å². The van der Waals surface area contributed by atoms with Crippen LogP contribution >= 0.6 is 22.9 Å². The summed E-state index contributed by atoms with van der Waals surface area (Å²) < 4.78 is 35.8. The van der Waals surface area contributed by atoms with E-state index in [1.54, 1.807) is 12.1 Å². The van der Waals surface area contributed by atoms with Gasteiger partial charge in [0.05, 0.1) is 21.7 Å². The standard InChI is InChI=1S/C23H26ClN3O4S2/c1-3-27-20-10-7-18(31-4-2)15-21(20)32-23(27)25-22(28)16-11-13-26(14-12-16)33(29,30)19-8-5-17(24)6-9-19/h5-10,15-16H,3-4,11-14H2,1-2H3. The van der Waals surface area contributed by atoms with Crippen molar-refractivity contribution in [2.24, 2.45) is 10.9 Å². The van der Waals surface area contributed by atoms with Crippen LogP contribution in [0, 0.1) is 5.92 Å². The third kappa shape index (κ3) is 5.01. The van der Waals surface area contributed by atoms with Crippen molar-refractivity contribution in [3.8, 4) is 5.75 Å². The topological polar surface area (TPSA) is 81.0 Å². The van der Waals surface area contributed by atoms with E-state index < -0.39 is 10.0 Å². The Bertz CT molecular complexity index is 1320. The van der Waals surface area contributed by atoms with Crippen LogP contribution in [-0.4, -0.2) is 42.9 Å². The maximum atomic E-state index is 13.0. The van der Waals surface area contributed by atoms with Crippen LogP contribution in [0.3, 0.4) is 0 Å². The number of aryl methyl sites for hydroxylation is 1. The van der Waals surface area contributed by atoms with Crippen molar-refractivity contribution in [3.05, 3.63) is 52.3 Å². The SMILES string of the molecule is CCOc1ccc2c(c1)sc(=NC(=O)C1CCN(S(=O)(=O)c3ccc(Cl)cc3)CC1)n2CC. The summed E-state index contributed by atoms with van der Waals surface area (Å²) in [4.78, 5) is 18.3. The van der Waals surface area contributed by atoms with Crippen LogP contribution in [0.2, 0.25) is 5.02 Å². The molecule has 1 amide bonds. The number of rotatable bonds is 6. The fourth-order valence-electron chi connectivity index (χ4n) is 3.99. The van der Waals surface area contributed by atoms with E-state index in [-0.39, 0.29) is 29.8 Å². The van der Waals surface area contributed by atoms with E-state index in [1.807, 2.05) is 36.6 Å². The molecular formula is C23H26ClN3O4S2. The Kier molecular flexibility index (Phi) is 7.23. The lowest BCUT2D eigenvalue weighted by Gasteiger charge is -2.29. The van der Waals surface area contributed by atoms with Crippen molar-refractivity contribution in [2.75, 3.05) is 19.7 Å². The smallest absolute Gasteiger partial charge is 0.251 e. The zero-order valence-electron chi connectivity index (χ0n) is 18.5. The molecule has 0 radical (unpaired) electrons. The fraction of sp³-hybridized carbons (Fsp3) is 0.391. The molecule has 1 aliphatic rings. The third-order valence-electron chi connectivity index (χ3n) is 5.74. The van der Waals surface area contributed by atoms with Gasteiger partial charge in [0.2, 0.25) is 10.0 Å². The predicted molar refractivity (Wildman–Crippen MR) is 130 cm³/mol. The highest BCUT2D eigenvalue weighted by molar-refractivity contribution is 7.89. The molecule has 33 heavy (non-hydrogen) atoms. The average molecular weight is 508 g/mol. The Labute approximate surface area is 202 Å². The molecule has 1 saturated heterocycles. The number of carbonyl (C=O) groups excluding carboxylic acids is 1. The largest absolute Gasteiger partial charge is 0.494 e. The number of fused-ring (bicyclic) bond motifs is 1. The molecule has 2 heterocycles. The summed E-state index contributed by atoms with van der Waals surface area (Å²) in [5, 5.41) is 0.486. The molecule has 0 aliphatic carbocycles. The minimum Gasteiger partial charge on any atom is -0.494 e. The van der Waals surface area contributed by atoms with Crippen molar-refractivity contribution >= 4 is 49.1 Å². The number of carbonyl (C=O) groups is 1. The highest BCUT2D eigenvalue weighted by Crippen LogP contribution is 2.26. The normalized spacial score (nSPS) is 16.4. The van der Waals surface area contributed by atoms with E-state index in [2.05, 4.69) is 4.99 Å². The summed E-state index contributed by atoms with van der Waals surface area (Å²) in [6.45, 7) is 5.82. The summed E-state index contributed by atoms with van der Waals surface area (Å²) in [5.74, 6) is 0.301. The van der Waals surface area contributed by atoms with E-state index in [0.717, 1.165) is 16.0 Å². The van der Waals surface area contributed by atoms with Crippen LogP contribution in [0.1, 0.15) is 26.7 Å². The zero-order valence-corrected chi connectivity index (χ0v) is 20.9. The summed E-state index contributed by atoms with van der Waals surface area (Å²) in [6.07, 6.45) is 0.890. The number of aromatic nitrogens is 1. The van der Waals surface area contributed by atoms with Crippen molar-refractivity contribution in [1.82, 2.24) is 8.87 Å². The van der Waals surface area contributed by atoms with Gasteiger partial charge in [0, 0.05) is 30.6 Å². The van der Waals surface area contributed by atoms with Gasteiger partial charge in [-0.1, -0.05) is 22.9 Å². The van der Waals surface area contributed by atoms with Crippen LogP contribution in [0.15, 0.2) is 52.4 Å². The molecule has 10 heteroatoms. The third-order valence-corrected chi connectivity index (χ3v) is 8.95. The second-order valence-corrected chi connectivity index (χ2v) is 11.2. The van der Waals surface area contributed by atoms with Gasteiger partial charge >= 0.3 is 0 Å². The first-order valence-electron chi connectivity index (χ1n) is 10.9. The van der Waals surface area contributed by atoms with Gasteiger partial charge in [-0.05, 0) is 69.2 Å². The highest BCUT2D eigenvalue weighted by atomic mass is 35.5. The van der Waals surface area contributed by atoms with Crippen molar-refractivity contribution in [2.45, 2.75) is 38.1 Å². The molecule has 2 aromatic carbocycles. The average Bonchev–Trinajstić information content (AvgIpc) is 3.15. The number of thiazole rings is 1. The zero-order chi connectivity index (χ0) is 23.6. The summed E-state index contributed by atoms with van der Waals surface area (Å²) >= 11 is 7.34. The van der Waals surface area contributed by atoms with E-state index in [4.69, 9.17) is 16.3 Å². The minimum absolute atomic E-state index is 0.197. The lowest BCUT2D eigenvalue weighted by Crippen LogP contribution is -2.40. The second kappa shape index (κ2) is 9.97. The van der Waals surface area contributed by atoms with Gasteiger partial charge in [0.25, 0.3) is 5.91 Å². The predicted octanol–water partition coefficient (Wildman–Crippen LogP) is 4.30. The Hall–Kier alpha value is -2.20. The van der Waals surface area contributed by atoms with Crippen LogP contribution in [0.4, 0.5) is 0 Å². The summed E-state index contributed by atoms with van der Waals surface area (Å²) in [5.41, 5.74) is 1.02. The highest BCUT2D eigenvalue weighted by Gasteiger charge is 2.32. The van der Waals surface area contributed by atoms with Crippen LogP contribution in [0.25, 0.3) is 10.2 Å². The van der Waals surface area contributed by atoms with Crippen molar-refractivity contribution in [1.29, 1.82) is 0 Å². The summed E-state index contributed by atoms with van der Waals surface area (Å²) in [7, 11) is -3.60. The quantitative estimate of drug-likeness (QED) is 0.498. The molecular weight excluding hydrogens is 482 g/mol. The number of sulfonamides is 1. The van der Waals surface area contributed by atoms with Crippen molar-refractivity contribution in [3.63, 3.8) is 0 Å². The molecule has 0 saturated carbocycles. The molecule has 176 valence electrons. The number of ether oxygens (including phenoxy) is 1. The molecule has 0 spiro atoms. The van der Waals surface area contributed by atoms with Gasteiger partial charge in [-0.15, -0.1) is 0 Å². The monoisotopic (exact) mass is 507 g/mol. The number of nitrogens with zero attached hydrogens (tertiary/aromatic N) is 3. The maximum absolute atomic E-state index is 13.0. The number of piperidine rings is 1. The number of hydrogen-bond acceptors (Lipinski definition) is 5. The van der Waals surface area contributed by atoms with E-state index >= 15 is 0 Å². The maximum Gasteiger partial charge on any atom is 0.251 e. The minimum atomic E-state index is -3.60. The molecule has 4 rings (SSSR count). The fourth-order valence-corrected chi connectivity index (χ4v) is 6.71. The number of benzene rings is 2. The van der Waals surface area contributed by atoms with E-state index in [9.17, 15) is 13.2 Å². The Morgan fingerprint density at radius 3 is 2.48 bits per heavy atom. The van der Waals surface area contributed by atoms with Gasteiger partial charge in [0.1, 0.15) is 5.75 Å². The first-order valence-corrected chi connectivity index (χ1v) is 13.6. The number of amides is 1.